The molecule has 0 saturated carbocycles. The molecule has 0 bridgehead atoms. The topological polar surface area (TPSA) is 109 Å². The molecule has 0 fully saturated rings. The van der Waals surface area contributed by atoms with Crippen molar-refractivity contribution in [2.45, 2.75) is 26.0 Å². The third-order valence-electron chi connectivity index (χ3n) is 3.66. The lowest BCUT2D eigenvalue weighted by Crippen LogP contribution is -2.46. The number of benzene rings is 1. The number of nitrogens with one attached hydrogen (secondary N) is 1. The molecular formula is C18H20N2O5. The molecule has 1 aromatic carbocycles. The highest BCUT2D eigenvalue weighted by atomic mass is 16.5. The van der Waals surface area contributed by atoms with Gasteiger partial charge >= 0.3 is 12.1 Å². The van der Waals surface area contributed by atoms with Crippen LogP contribution in [0.4, 0.5) is 4.79 Å². The fourth-order valence-electron chi connectivity index (χ4n) is 2.32. The van der Waals surface area contributed by atoms with E-state index in [2.05, 4.69) is 10.3 Å². The monoisotopic (exact) mass is 344 g/mol. The number of carboxylic acid groups (broad SMARTS) is 1. The van der Waals surface area contributed by atoms with Gasteiger partial charge in [-0.2, -0.15) is 0 Å². The Labute approximate surface area is 145 Å². The van der Waals surface area contributed by atoms with Crippen LogP contribution < -0.4 is 5.32 Å². The minimum absolute atomic E-state index is 0.0359. The van der Waals surface area contributed by atoms with Gasteiger partial charge in [-0.25, -0.2) is 9.59 Å². The molecule has 3 N–H and O–H groups in total. The van der Waals surface area contributed by atoms with Crippen molar-refractivity contribution in [3.05, 3.63) is 59.9 Å². The molecule has 25 heavy (non-hydrogen) atoms. The van der Waals surface area contributed by atoms with E-state index in [9.17, 15) is 19.8 Å². The van der Waals surface area contributed by atoms with Gasteiger partial charge in [0.15, 0.2) is 0 Å². The highest BCUT2D eigenvalue weighted by Crippen LogP contribution is 2.14. The summed E-state index contributed by atoms with van der Waals surface area (Å²) in [6, 6.07) is 11.1. The van der Waals surface area contributed by atoms with Gasteiger partial charge in [0.1, 0.15) is 18.4 Å². The molecule has 0 radical (unpaired) electrons. The number of hydrogen-bond acceptors (Lipinski definition) is 5. The summed E-state index contributed by atoms with van der Waals surface area (Å²) in [5.41, 5.74) is 1.43. The number of amides is 1. The standard InChI is InChI=1S/C18H20N2O5/c1-12(9-14-7-8-15(21)10-19-14)16(17(22)23)20-18(24)25-11-13-5-3-2-4-6-13/h2-8,10,12,16,21H,9,11H2,1H3,(H,20,24)(H,22,23). The number of carbonyl (C=O) groups is 2. The van der Waals surface area contributed by atoms with E-state index in [1.165, 1.54) is 12.3 Å². The Morgan fingerprint density at radius 3 is 2.52 bits per heavy atom. The third-order valence-corrected chi connectivity index (χ3v) is 3.66. The summed E-state index contributed by atoms with van der Waals surface area (Å²) < 4.78 is 5.06. The van der Waals surface area contributed by atoms with Crippen LogP contribution in [0.3, 0.4) is 0 Å². The van der Waals surface area contributed by atoms with E-state index < -0.39 is 24.0 Å². The van der Waals surface area contributed by atoms with E-state index in [-0.39, 0.29) is 12.4 Å². The van der Waals surface area contributed by atoms with Gasteiger partial charge in [-0.05, 0) is 30.0 Å². The summed E-state index contributed by atoms with van der Waals surface area (Å²) in [7, 11) is 0. The fraction of sp³-hybridized carbons (Fsp3) is 0.278. The number of carboxylic acids is 1. The zero-order valence-electron chi connectivity index (χ0n) is 13.8. The number of hydrogen-bond donors (Lipinski definition) is 3. The first-order valence-corrected chi connectivity index (χ1v) is 7.79. The van der Waals surface area contributed by atoms with Gasteiger partial charge in [-0.3, -0.25) is 4.98 Å². The average Bonchev–Trinajstić information content (AvgIpc) is 2.60. The maximum absolute atomic E-state index is 11.9. The van der Waals surface area contributed by atoms with Crippen molar-refractivity contribution in [2.75, 3.05) is 0 Å². The van der Waals surface area contributed by atoms with Crippen LogP contribution in [0.15, 0.2) is 48.7 Å². The van der Waals surface area contributed by atoms with Gasteiger partial charge in [0.05, 0.1) is 6.20 Å². The van der Waals surface area contributed by atoms with E-state index in [1.807, 2.05) is 18.2 Å². The molecule has 0 saturated heterocycles. The van der Waals surface area contributed by atoms with Gasteiger partial charge in [0.2, 0.25) is 0 Å². The molecule has 7 nitrogen and oxygen atoms in total. The predicted octanol–water partition coefficient (Wildman–Crippen LogP) is 2.35. The third kappa shape index (κ3) is 5.80. The lowest BCUT2D eigenvalue weighted by Gasteiger charge is -2.21. The van der Waals surface area contributed by atoms with Crippen LogP contribution in [0.5, 0.6) is 5.75 Å². The van der Waals surface area contributed by atoms with Crippen molar-refractivity contribution in [1.29, 1.82) is 0 Å². The number of carbonyl (C=O) groups excluding carboxylic acids is 1. The van der Waals surface area contributed by atoms with Gasteiger partial charge in [0.25, 0.3) is 0 Å². The minimum Gasteiger partial charge on any atom is -0.506 e. The molecule has 2 aromatic rings. The Bertz CT molecular complexity index is 703. The van der Waals surface area contributed by atoms with Gasteiger partial charge < -0.3 is 20.3 Å². The summed E-state index contributed by atoms with van der Waals surface area (Å²) in [5, 5.41) is 21.0. The second-order valence-corrected chi connectivity index (χ2v) is 5.71. The highest BCUT2D eigenvalue weighted by molar-refractivity contribution is 5.80. The van der Waals surface area contributed by atoms with Gasteiger partial charge in [-0.15, -0.1) is 0 Å². The molecule has 2 atom stereocenters. The second-order valence-electron chi connectivity index (χ2n) is 5.71. The van der Waals surface area contributed by atoms with Crippen LogP contribution in [-0.2, 0) is 22.6 Å². The number of ether oxygens (including phenoxy) is 1. The molecule has 1 amide bonds. The number of alkyl carbamates (subject to hydrolysis) is 1. The SMILES string of the molecule is CC(Cc1ccc(O)cn1)C(NC(=O)OCc1ccccc1)C(=O)O. The van der Waals surface area contributed by atoms with E-state index in [4.69, 9.17) is 4.74 Å². The smallest absolute Gasteiger partial charge is 0.408 e. The molecule has 2 unspecified atom stereocenters. The molecule has 0 aliphatic carbocycles. The molecule has 0 aliphatic rings. The second kappa shape index (κ2) is 8.68. The van der Waals surface area contributed by atoms with Crippen LogP contribution in [0.1, 0.15) is 18.2 Å². The van der Waals surface area contributed by atoms with E-state index in [1.54, 1.807) is 25.1 Å². The first-order valence-electron chi connectivity index (χ1n) is 7.79. The molecule has 132 valence electrons. The van der Waals surface area contributed by atoms with Crippen molar-refractivity contribution >= 4 is 12.1 Å². The van der Waals surface area contributed by atoms with Crippen LogP contribution in [0, 0.1) is 5.92 Å². The van der Waals surface area contributed by atoms with Crippen LogP contribution in [0.25, 0.3) is 0 Å². The van der Waals surface area contributed by atoms with E-state index in [0.29, 0.717) is 12.1 Å². The molecular weight excluding hydrogens is 324 g/mol. The lowest BCUT2D eigenvalue weighted by molar-refractivity contribution is -0.140. The number of pyridine rings is 1. The highest BCUT2D eigenvalue weighted by Gasteiger charge is 2.27. The molecule has 0 aliphatic heterocycles. The van der Waals surface area contributed by atoms with Crippen LogP contribution >= 0.6 is 0 Å². The Kier molecular flexibility index (Phi) is 6.33. The maximum atomic E-state index is 11.9. The van der Waals surface area contributed by atoms with E-state index >= 15 is 0 Å². The van der Waals surface area contributed by atoms with Crippen molar-refractivity contribution in [1.82, 2.24) is 10.3 Å². The molecule has 1 aromatic heterocycles. The quantitative estimate of drug-likeness (QED) is 0.711. The van der Waals surface area contributed by atoms with E-state index in [0.717, 1.165) is 5.56 Å². The van der Waals surface area contributed by atoms with Crippen molar-refractivity contribution < 1.29 is 24.5 Å². The normalized spacial score (nSPS) is 12.8. The molecule has 1 heterocycles. The number of aromatic nitrogens is 1. The Balaban J connectivity index is 1.91. The summed E-state index contributed by atoms with van der Waals surface area (Å²) in [4.78, 5) is 27.4. The summed E-state index contributed by atoms with van der Waals surface area (Å²) in [6.07, 6.45) is 0.831. The zero-order chi connectivity index (χ0) is 18.2. The van der Waals surface area contributed by atoms with Crippen LogP contribution in [-0.4, -0.2) is 33.3 Å². The predicted molar refractivity (Wildman–Crippen MR) is 90.0 cm³/mol. The first kappa shape index (κ1) is 18.3. The summed E-state index contributed by atoms with van der Waals surface area (Å²) >= 11 is 0. The Hall–Kier alpha value is -3.09. The molecule has 7 heteroatoms. The molecule has 2 rings (SSSR count). The Morgan fingerprint density at radius 1 is 1.20 bits per heavy atom. The zero-order valence-corrected chi connectivity index (χ0v) is 13.8. The largest absolute Gasteiger partial charge is 0.506 e. The minimum atomic E-state index is -1.15. The Morgan fingerprint density at radius 2 is 1.92 bits per heavy atom. The number of rotatable bonds is 7. The lowest BCUT2D eigenvalue weighted by atomic mass is 9.96. The van der Waals surface area contributed by atoms with Crippen molar-refractivity contribution in [2.24, 2.45) is 5.92 Å². The van der Waals surface area contributed by atoms with Gasteiger partial charge in [0, 0.05) is 5.69 Å². The van der Waals surface area contributed by atoms with Crippen LogP contribution in [0.2, 0.25) is 0 Å². The molecule has 0 spiro atoms. The average molecular weight is 344 g/mol. The summed E-state index contributed by atoms with van der Waals surface area (Å²) in [5.74, 6) is -1.53. The number of aromatic hydroxyl groups is 1. The maximum Gasteiger partial charge on any atom is 0.408 e. The van der Waals surface area contributed by atoms with Gasteiger partial charge in [-0.1, -0.05) is 37.3 Å². The number of nitrogens with zero attached hydrogens (tertiary/aromatic N) is 1. The van der Waals surface area contributed by atoms with Crippen molar-refractivity contribution in [3.8, 4) is 5.75 Å². The van der Waals surface area contributed by atoms with Crippen molar-refractivity contribution in [3.63, 3.8) is 0 Å². The summed E-state index contributed by atoms with van der Waals surface area (Å²) in [6.45, 7) is 1.76. The first-order chi connectivity index (χ1) is 12.0. The number of aliphatic carboxylic acids is 1. The fourth-order valence-corrected chi connectivity index (χ4v) is 2.32.